The second kappa shape index (κ2) is 6.41. The number of nitrogens with two attached hydrogens (primary N) is 1. The van der Waals surface area contributed by atoms with Crippen LogP contribution in [0.25, 0.3) is 11.0 Å². The van der Waals surface area contributed by atoms with Crippen LogP contribution in [0.2, 0.25) is 5.02 Å². The molecule has 110 valence electrons. The molecule has 1 aromatic carbocycles. The lowest BCUT2D eigenvalue weighted by Gasteiger charge is -2.09. The number of ether oxygens (including phenoxy) is 1. The summed E-state index contributed by atoms with van der Waals surface area (Å²) in [6.07, 6.45) is 0.798. The molecule has 0 bridgehead atoms. The van der Waals surface area contributed by atoms with E-state index in [1.54, 1.807) is 4.57 Å². The number of aromatic nitrogens is 2. The van der Waals surface area contributed by atoms with E-state index in [1.807, 2.05) is 0 Å². The van der Waals surface area contributed by atoms with E-state index in [9.17, 15) is 4.39 Å². The largest absolute Gasteiger partial charge is 0.381 e. The fraction of sp³-hybridized carbons (Fsp3) is 0.500. The fourth-order valence-corrected chi connectivity index (χ4v) is 2.18. The number of anilines is 1. The zero-order valence-electron chi connectivity index (χ0n) is 11.7. The highest BCUT2D eigenvalue weighted by atomic mass is 35.5. The first-order valence-electron chi connectivity index (χ1n) is 6.67. The summed E-state index contributed by atoms with van der Waals surface area (Å²) in [6.45, 7) is 6.24. The van der Waals surface area contributed by atoms with Gasteiger partial charge >= 0.3 is 0 Å². The molecule has 2 rings (SSSR count). The van der Waals surface area contributed by atoms with E-state index in [2.05, 4.69) is 18.8 Å². The molecule has 2 aromatic rings. The predicted molar refractivity (Wildman–Crippen MR) is 79.4 cm³/mol. The van der Waals surface area contributed by atoms with Gasteiger partial charge < -0.3 is 15.0 Å². The SMILES string of the molecule is CC(C)COCCCn1c(N)nc2cc(Cl)c(F)cc21. The van der Waals surface area contributed by atoms with Gasteiger partial charge in [0.25, 0.3) is 0 Å². The molecule has 0 aliphatic heterocycles. The Hall–Kier alpha value is -1.33. The van der Waals surface area contributed by atoms with Gasteiger partial charge in [-0.1, -0.05) is 25.4 Å². The van der Waals surface area contributed by atoms with Crippen LogP contribution in [-0.2, 0) is 11.3 Å². The van der Waals surface area contributed by atoms with E-state index < -0.39 is 5.82 Å². The third-order valence-electron chi connectivity index (χ3n) is 2.94. The quantitative estimate of drug-likeness (QED) is 0.831. The van der Waals surface area contributed by atoms with Crippen molar-refractivity contribution in [3.63, 3.8) is 0 Å². The van der Waals surface area contributed by atoms with Crippen LogP contribution in [0.4, 0.5) is 10.3 Å². The normalized spacial score (nSPS) is 11.7. The number of imidazole rings is 1. The maximum absolute atomic E-state index is 13.5. The number of hydrogen-bond donors (Lipinski definition) is 1. The van der Waals surface area contributed by atoms with Crippen LogP contribution in [0, 0.1) is 11.7 Å². The van der Waals surface area contributed by atoms with E-state index in [4.69, 9.17) is 22.1 Å². The summed E-state index contributed by atoms with van der Waals surface area (Å²) in [6, 6.07) is 2.87. The van der Waals surface area contributed by atoms with Crippen LogP contribution in [0.5, 0.6) is 0 Å². The standard InChI is InChI=1S/C14H19ClFN3O/c1-9(2)8-20-5-3-4-19-13-7-11(16)10(15)6-12(13)18-14(19)17/h6-7,9H,3-5,8H2,1-2H3,(H2,17,18). The van der Waals surface area contributed by atoms with Gasteiger partial charge in [-0.2, -0.15) is 0 Å². The van der Waals surface area contributed by atoms with Gasteiger partial charge in [-0.05, 0) is 18.4 Å². The van der Waals surface area contributed by atoms with Gasteiger partial charge in [-0.3, -0.25) is 0 Å². The Bertz CT molecular complexity index is 598. The Balaban J connectivity index is 2.06. The van der Waals surface area contributed by atoms with Gasteiger partial charge in [-0.25, -0.2) is 9.37 Å². The van der Waals surface area contributed by atoms with E-state index in [0.29, 0.717) is 36.1 Å². The second-order valence-electron chi connectivity index (χ2n) is 5.20. The highest BCUT2D eigenvalue weighted by Gasteiger charge is 2.11. The molecular formula is C14H19ClFN3O. The fourth-order valence-electron chi connectivity index (χ4n) is 2.02. The van der Waals surface area contributed by atoms with Gasteiger partial charge in [0.2, 0.25) is 5.95 Å². The van der Waals surface area contributed by atoms with Crippen molar-refractivity contribution >= 4 is 28.6 Å². The van der Waals surface area contributed by atoms with Crippen LogP contribution in [0.3, 0.4) is 0 Å². The lowest BCUT2D eigenvalue weighted by molar-refractivity contribution is 0.105. The number of halogens is 2. The average molecular weight is 300 g/mol. The Kier molecular flexibility index (Phi) is 4.83. The van der Waals surface area contributed by atoms with Crippen molar-refractivity contribution in [2.75, 3.05) is 18.9 Å². The summed E-state index contributed by atoms with van der Waals surface area (Å²) in [5.41, 5.74) is 7.13. The first-order chi connectivity index (χ1) is 9.49. The number of fused-ring (bicyclic) bond motifs is 1. The van der Waals surface area contributed by atoms with Gasteiger partial charge in [-0.15, -0.1) is 0 Å². The first kappa shape index (κ1) is 15.1. The minimum Gasteiger partial charge on any atom is -0.381 e. The van der Waals surface area contributed by atoms with Gasteiger partial charge in [0.1, 0.15) is 5.82 Å². The molecule has 0 unspecified atom stereocenters. The van der Waals surface area contributed by atoms with E-state index in [1.165, 1.54) is 12.1 Å². The highest BCUT2D eigenvalue weighted by molar-refractivity contribution is 6.31. The monoisotopic (exact) mass is 299 g/mol. The summed E-state index contributed by atoms with van der Waals surface area (Å²) >= 11 is 5.74. The molecule has 0 saturated carbocycles. The highest BCUT2D eigenvalue weighted by Crippen LogP contribution is 2.24. The summed E-state index contributed by atoms with van der Waals surface area (Å²) < 4.78 is 20.8. The molecule has 0 fully saturated rings. The Morgan fingerprint density at radius 3 is 2.90 bits per heavy atom. The Morgan fingerprint density at radius 2 is 2.20 bits per heavy atom. The molecule has 4 nitrogen and oxygen atoms in total. The van der Waals surface area contributed by atoms with Crippen molar-refractivity contribution in [2.24, 2.45) is 5.92 Å². The maximum Gasteiger partial charge on any atom is 0.201 e. The van der Waals surface area contributed by atoms with E-state index in [0.717, 1.165) is 13.0 Å². The third kappa shape index (κ3) is 3.41. The van der Waals surface area contributed by atoms with Crippen LogP contribution in [-0.4, -0.2) is 22.8 Å². The molecular weight excluding hydrogens is 281 g/mol. The molecule has 0 aliphatic rings. The first-order valence-corrected chi connectivity index (χ1v) is 7.05. The number of aryl methyl sites for hydroxylation is 1. The van der Waals surface area contributed by atoms with Crippen molar-refractivity contribution in [2.45, 2.75) is 26.8 Å². The van der Waals surface area contributed by atoms with Crippen LogP contribution in [0.1, 0.15) is 20.3 Å². The van der Waals surface area contributed by atoms with Crippen molar-refractivity contribution in [1.29, 1.82) is 0 Å². The molecule has 0 spiro atoms. The Morgan fingerprint density at radius 1 is 1.45 bits per heavy atom. The van der Waals surface area contributed by atoms with Gasteiger partial charge in [0.15, 0.2) is 0 Å². The number of rotatable bonds is 6. The number of nitrogen functional groups attached to an aromatic ring is 1. The third-order valence-corrected chi connectivity index (χ3v) is 3.23. The minimum atomic E-state index is -0.462. The Labute approximate surface area is 122 Å². The van der Waals surface area contributed by atoms with Crippen molar-refractivity contribution in [3.05, 3.63) is 23.0 Å². The van der Waals surface area contributed by atoms with E-state index in [-0.39, 0.29) is 5.02 Å². The van der Waals surface area contributed by atoms with Crippen LogP contribution >= 0.6 is 11.6 Å². The number of nitrogens with zero attached hydrogens (tertiary/aromatic N) is 2. The molecule has 2 N–H and O–H groups in total. The number of benzene rings is 1. The van der Waals surface area contributed by atoms with Crippen LogP contribution < -0.4 is 5.73 Å². The van der Waals surface area contributed by atoms with Crippen molar-refractivity contribution < 1.29 is 9.13 Å². The summed E-state index contributed by atoms with van der Waals surface area (Å²) in [7, 11) is 0. The molecule has 1 heterocycles. The van der Waals surface area contributed by atoms with Crippen LogP contribution in [0.15, 0.2) is 12.1 Å². The maximum atomic E-state index is 13.5. The molecule has 0 radical (unpaired) electrons. The average Bonchev–Trinajstić information content (AvgIpc) is 2.65. The topological polar surface area (TPSA) is 53.1 Å². The molecule has 20 heavy (non-hydrogen) atoms. The summed E-state index contributed by atoms with van der Waals surface area (Å²) in [5, 5.41) is 0.0578. The summed E-state index contributed by atoms with van der Waals surface area (Å²) in [5.74, 6) is 0.423. The van der Waals surface area contributed by atoms with Crippen molar-refractivity contribution in [3.8, 4) is 0 Å². The lowest BCUT2D eigenvalue weighted by Crippen LogP contribution is -2.08. The lowest BCUT2D eigenvalue weighted by atomic mass is 10.2. The zero-order chi connectivity index (χ0) is 14.7. The second-order valence-corrected chi connectivity index (χ2v) is 5.61. The molecule has 0 atom stereocenters. The minimum absolute atomic E-state index is 0.0578. The van der Waals surface area contributed by atoms with Gasteiger partial charge in [0, 0.05) is 25.8 Å². The smallest absolute Gasteiger partial charge is 0.201 e. The summed E-state index contributed by atoms with van der Waals surface area (Å²) in [4.78, 5) is 4.19. The molecule has 0 aliphatic carbocycles. The predicted octanol–water partition coefficient (Wildman–Crippen LogP) is 3.47. The van der Waals surface area contributed by atoms with Crippen molar-refractivity contribution in [1.82, 2.24) is 9.55 Å². The molecule has 0 amide bonds. The van der Waals surface area contributed by atoms with Gasteiger partial charge in [0.05, 0.1) is 16.1 Å². The zero-order valence-corrected chi connectivity index (χ0v) is 12.5. The molecule has 6 heteroatoms. The van der Waals surface area contributed by atoms with E-state index >= 15 is 0 Å². The number of hydrogen-bond acceptors (Lipinski definition) is 3. The molecule has 0 saturated heterocycles. The molecule has 1 aromatic heterocycles.